The fraction of sp³-hybridized carbons (Fsp3) is 0.889. The van der Waals surface area contributed by atoms with Gasteiger partial charge in [-0.3, -0.25) is 9.59 Å². The first-order valence-electron chi connectivity index (χ1n) is 9.49. The van der Waals surface area contributed by atoms with Crippen molar-refractivity contribution in [3.05, 3.63) is 0 Å². The molecule has 0 aliphatic carbocycles. The Hall–Kier alpha value is -1.22. The van der Waals surface area contributed by atoms with Crippen LogP contribution >= 0.6 is 0 Å². The molecule has 0 aromatic heterocycles. The number of hydrogen-bond donors (Lipinski definition) is 2. The molecular formula is C18H38N4O4. The number of hydrogen-bond acceptors (Lipinski definition) is 8. The molecule has 0 aliphatic rings. The molecule has 0 bridgehead atoms. The van der Waals surface area contributed by atoms with E-state index in [1.165, 1.54) is 14.2 Å². The topological polar surface area (TPSA) is 83.1 Å². The van der Waals surface area contributed by atoms with Gasteiger partial charge in [-0.25, -0.2) is 0 Å². The molecule has 154 valence electrons. The normalized spacial score (nSPS) is 11.2. The Balaban J connectivity index is 3.76. The van der Waals surface area contributed by atoms with Crippen molar-refractivity contribution in [2.45, 2.75) is 26.2 Å². The Morgan fingerprint density at radius 3 is 1.81 bits per heavy atom. The van der Waals surface area contributed by atoms with Crippen LogP contribution < -0.4 is 10.6 Å². The van der Waals surface area contributed by atoms with E-state index >= 15 is 0 Å². The van der Waals surface area contributed by atoms with Crippen LogP contribution in [-0.2, 0) is 19.1 Å². The summed E-state index contributed by atoms with van der Waals surface area (Å²) < 4.78 is 9.23. The molecule has 0 atom stereocenters. The second kappa shape index (κ2) is 17.2. The SMILES string of the molecule is CCCN(CCNCCC(=O)OC)CCN(C)CCNCCC(=O)OC. The van der Waals surface area contributed by atoms with Crippen LogP contribution in [0.1, 0.15) is 26.2 Å². The Kier molecular flexibility index (Phi) is 16.4. The lowest BCUT2D eigenvalue weighted by atomic mass is 10.3. The number of likely N-dealkylation sites (N-methyl/N-ethyl adjacent to an activating group) is 1. The van der Waals surface area contributed by atoms with Gasteiger partial charge in [0, 0.05) is 52.4 Å². The average Bonchev–Trinajstić information content (AvgIpc) is 2.64. The van der Waals surface area contributed by atoms with Crippen LogP contribution in [0.2, 0.25) is 0 Å². The fourth-order valence-electron chi connectivity index (χ4n) is 2.42. The van der Waals surface area contributed by atoms with Crippen LogP contribution in [0.25, 0.3) is 0 Å². The molecule has 0 rings (SSSR count). The van der Waals surface area contributed by atoms with Gasteiger partial charge in [0.25, 0.3) is 0 Å². The van der Waals surface area contributed by atoms with Gasteiger partial charge in [-0.1, -0.05) is 6.92 Å². The molecule has 0 aliphatic heterocycles. The largest absolute Gasteiger partial charge is 0.469 e. The first kappa shape index (κ1) is 24.8. The molecule has 0 spiro atoms. The minimum atomic E-state index is -0.179. The van der Waals surface area contributed by atoms with Crippen molar-refractivity contribution in [2.75, 3.05) is 80.2 Å². The molecule has 0 saturated carbocycles. The number of carbonyl (C=O) groups is 2. The summed E-state index contributed by atoms with van der Waals surface area (Å²) in [5.41, 5.74) is 0. The lowest BCUT2D eigenvalue weighted by molar-refractivity contribution is -0.141. The van der Waals surface area contributed by atoms with Gasteiger partial charge in [-0.15, -0.1) is 0 Å². The Morgan fingerprint density at radius 2 is 1.31 bits per heavy atom. The lowest BCUT2D eigenvalue weighted by Crippen LogP contribution is -2.39. The molecule has 0 amide bonds. The zero-order valence-electron chi connectivity index (χ0n) is 17.0. The van der Waals surface area contributed by atoms with Crippen molar-refractivity contribution in [1.82, 2.24) is 20.4 Å². The van der Waals surface area contributed by atoms with E-state index in [1.54, 1.807) is 0 Å². The highest BCUT2D eigenvalue weighted by Crippen LogP contribution is 1.93. The summed E-state index contributed by atoms with van der Waals surface area (Å²) in [5.74, 6) is -0.356. The molecule has 0 unspecified atom stereocenters. The van der Waals surface area contributed by atoms with Crippen LogP contribution in [0.3, 0.4) is 0 Å². The highest BCUT2D eigenvalue weighted by molar-refractivity contribution is 5.69. The molecule has 0 fully saturated rings. The molecule has 0 radical (unpaired) electrons. The van der Waals surface area contributed by atoms with Gasteiger partial charge in [0.05, 0.1) is 27.1 Å². The number of carbonyl (C=O) groups excluding carboxylic acids is 2. The van der Waals surface area contributed by atoms with E-state index in [9.17, 15) is 9.59 Å². The van der Waals surface area contributed by atoms with Crippen LogP contribution in [0.5, 0.6) is 0 Å². The number of nitrogens with zero attached hydrogens (tertiary/aromatic N) is 2. The highest BCUT2D eigenvalue weighted by Gasteiger charge is 2.06. The average molecular weight is 375 g/mol. The number of nitrogens with one attached hydrogen (secondary N) is 2. The van der Waals surface area contributed by atoms with Crippen molar-refractivity contribution < 1.29 is 19.1 Å². The van der Waals surface area contributed by atoms with Crippen molar-refractivity contribution in [2.24, 2.45) is 0 Å². The molecule has 0 heterocycles. The van der Waals surface area contributed by atoms with Crippen molar-refractivity contribution in [3.8, 4) is 0 Å². The maximum atomic E-state index is 11.1. The maximum absolute atomic E-state index is 11.1. The number of esters is 2. The second-order valence-electron chi connectivity index (χ2n) is 6.30. The minimum absolute atomic E-state index is 0.176. The predicted molar refractivity (Wildman–Crippen MR) is 103 cm³/mol. The van der Waals surface area contributed by atoms with Crippen molar-refractivity contribution in [3.63, 3.8) is 0 Å². The van der Waals surface area contributed by atoms with Gasteiger partial charge in [-0.05, 0) is 20.0 Å². The summed E-state index contributed by atoms with van der Waals surface area (Å²) in [6.45, 7) is 10.2. The van der Waals surface area contributed by atoms with Gasteiger partial charge in [-0.2, -0.15) is 0 Å². The Labute approximate surface area is 158 Å². The van der Waals surface area contributed by atoms with E-state index in [1.807, 2.05) is 0 Å². The van der Waals surface area contributed by atoms with E-state index in [-0.39, 0.29) is 11.9 Å². The van der Waals surface area contributed by atoms with E-state index < -0.39 is 0 Å². The van der Waals surface area contributed by atoms with E-state index in [4.69, 9.17) is 0 Å². The van der Waals surface area contributed by atoms with Crippen LogP contribution in [0.15, 0.2) is 0 Å². The fourth-order valence-corrected chi connectivity index (χ4v) is 2.42. The first-order valence-corrected chi connectivity index (χ1v) is 9.49. The summed E-state index contributed by atoms with van der Waals surface area (Å²) in [6.07, 6.45) is 1.95. The summed E-state index contributed by atoms with van der Waals surface area (Å²) in [5, 5.41) is 6.54. The standard InChI is InChI=1S/C18H38N4O4/c1-5-12-22(14-11-20-9-7-18(24)26-4)16-15-21(2)13-10-19-8-6-17(23)25-3/h19-20H,5-16H2,1-4H3. The molecule has 0 aromatic rings. The molecule has 8 heteroatoms. The smallest absolute Gasteiger partial charge is 0.306 e. The number of ether oxygens (including phenoxy) is 2. The van der Waals surface area contributed by atoms with Gasteiger partial charge in [0.1, 0.15) is 0 Å². The van der Waals surface area contributed by atoms with Gasteiger partial charge in [0.15, 0.2) is 0 Å². The Bertz CT molecular complexity index is 369. The first-order chi connectivity index (χ1) is 12.5. The molecule has 0 saturated heterocycles. The molecular weight excluding hydrogens is 336 g/mol. The maximum Gasteiger partial charge on any atom is 0.306 e. The molecule has 8 nitrogen and oxygen atoms in total. The van der Waals surface area contributed by atoms with Gasteiger partial charge >= 0.3 is 11.9 Å². The third-order valence-corrected chi connectivity index (χ3v) is 4.08. The summed E-state index contributed by atoms with van der Waals surface area (Å²) >= 11 is 0. The molecule has 2 N–H and O–H groups in total. The van der Waals surface area contributed by atoms with Crippen molar-refractivity contribution in [1.29, 1.82) is 0 Å². The highest BCUT2D eigenvalue weighted by atomic mass is 16.5. The second-order valence-corrected chi connectivity index (χ2v) is 6.30. The monoisotopic (exact) mass is 374 g/mol. The third kappa shape index (κ3) is 15.1. The van der Waals surface area contributed by atoms with E-state index in [2.05, 4.69) is 43.9 Å². The summed E-state index contributed by atoms with van der Waals surface area (Å²) in [6, 6.07) is 0. The summed E-state index contributed by atoms with van der Waals surface area (Å²) in [7, 11) is 4.93. The van der Waals surface area contributed by atoms with Crippen LogP contribution in [0.4, 0.5) is 0 Å². The molecule has 26 heavy (non-hydrogen) atoms. The third-order valence-electron chi connectivity index (χ3n) is 4.08. The van der Waals surface area contributed by atoms with Crippen molar-refractivity contribution >= 4 is 11.9 Å². The van der Waals surface area contributed by atoms with Gasteiger partial charge in [0.2, 0.25) is 0 Å². The van der Waals surface area contributed by atoms with E-state index in [0.29, 0.717) is 25.9 Å². The van der Waals surface area contributed by atoms with Gasteiger partial charge < -0.3 is 29.9 Å². The zero-order chi connectivity index (χ0) is 19.6. The van der Waals surface area contributed by atoms with Crippen LogP contribution in [0, 0.1) is 0 Å². The predicted octanol–water partition coefficient (Wildman–Crippen LogP) is -0.0644. The van der Waals surface area contributed by atoms with E-state index in [0.717, 1.165) is 52.2 Å². The zero-order valence-corrected chi connectivity index (χ0v) is 17.0. The lowest BCUT2D eigenvalue weighted by Gasteiger charge is -2.25. The molecule has 0 aromatic carbocycles. The minimum Gasteiger partial charge on any atom is -0.469 e. The quantitative estimate of drug-likeness (QED) is 0.271. The number of rotatable bonds is 17. The Morgan fingerprint density at radius 1 is 0.769 bits per heavy atom. The number of methoxy groups -OCH3 is 2. The summed E-state index contributed by atoms with van der Waals surface area (Å²) in [4.78, 5) is 26.8. The van der Waals surface area contributed by atoms with Crippen LogP contribution in [-0.4, -0.2) is 102 Å².